The van der Waals surface area contributed by atoms with Crippen LogP contribution in [0.4, 0.5) is 10.3 Å². The van der Waals surface area contributed by atoms with Crippen LogP contribution in [0.5, 0.6) is 0 Å². The summed E-state index contributed by atoms with van der Waals surface area (Å²) < 4.78 is 13.6. The van der Waals surface area contributed by atoms with Gasteiger partial charge in [-0.3, -0.25) is 4.79 Å². The van der Waals surface area contributed by atoms with Crippen LogP contribution < -0.4 is 10.6 Å². The van der Waals surface area contributed by atoms with Gasteiger partial charge in [0, 0.05) is 24.5 Å². The molecule has 1 amide bonds. The molecule has 0 bridgehead atoms. The maximum absolute atomic E-state index is 13.6. The van der Waals surface area contributed by atoms with E-state index in [0.717, 1.165) is 5.56 Å². The molecular weight excluding hydrogens is 331 g/mol. The fourth-order valence-corrected chi connectivity index (χ4v) is 2.46. The highest BCUT2D eigenvalue weighted by molar-refractivity contribution is 5.93. The number of anilines is 1. The highest BCUT2D eigenvalue weighted by Crippen LogP contribution is 2.16. The number of hydrogen-bond donors (Lipinski definition) is 2. The topological polar surface area (TPSA) is 66.9 Å². The van der Waals surface area contributed by atoms with E-state index >= 15 is 0 Å². The van der Waals surface area contributed by atoms with Gasteiger partial charge in [0.1, 0.15) is 5.82 Å². The Morgan fingerprint density at radius 3 is 2.38 bits per heavy atom. The van der Waals surface area contributed by atoms with Gasteiger partial charge in [-0.05, 0) is 18.6 Å². The third kappa shape index (κ3) is 4.42. The lowest BCUT2D eigenvalue weighted by atomic mass is 10.1. The van der Waals surface area contributed by atoms with Gasteiger partial charge in [0.25, 0.3) is 5.91 Å². The highest BCUT2D eigenvalue weighted by Gasteiger charge is 2.10. The van der Waals surface area contributed by atoms with Crippen LogP contribution >= 0.6 is 0 Å². The second-order valence-corrected chi connectivity index (χ2v) is 5.85. The lowest BCUT2D eigenvalue weighted by Crippen LogP contribution is -2.23. The first kappa shape index (κ1) is 17.5. The molecule has 0 saturated heterocycles. The number of hydrogen-bond acceptors (Lipinski definition) is 4. The summed E-state index contributed by atoms with van der Waals surface area (Å²) in [6.45, 7) is 2.12. The first-order valence-electron chi connectivity index (χ1n) is 8.28. The van der Waals surface area contributed by atoms with Crippen molar-refractivity contribution in [1.82, 2.24) is 15.3 Å². The van der Waals surface area contributed by atoms with E-state index in [9.17, 15) is 9.18 Å². The van der Waals surface area contributed by atoms with Gasteiger partial charge in [-0.1, -0.05) is 48.5 Å². The summed E-state index contributed by atoms with van der Waals surface area (Å²) in [6.07, 6.45) is 2.90. The minimum Gasteiger partial charge on any atom is -0.348 e. The molecule has 132 valence electrons. The summed E-state index contributed by atoms with van der Waals surface area (Å²) in [5.41, 5.74) is 1.86. The van der Waals surface area contributed by atoms with Crippen molar-refractivity contribution in [1.29, 1.82) is 0 Å². The molecule has 3 rings (SSSR count). The Morgan fingerprint density at radius 2 is 1.69 bits per heavy atom. The molecule has 0 aliphatic heterocycles. The van der Waals surface area contributed by atoms with E-state index in [1.807, 2.05) is 37.3 Å². The minimum absolute atomic E-state index is 0.0388. The first-order chi connectivity index (χ1) is 12.6. The second-order valence-electron chi connectivity index (χ2n) is 5.85. The zero-order valence-corrected chi connectivity index (χ0v) is 14.3. The summed E-state index contributed by atoms with van der Waals surface area (Å²) in [5, 5.41) is 5.85. The van der Waals surface area contributed by atoms with Gasteiger partial charge in [0.15, 0.2) is 0 Å². The predicted molar refractivity (Wildman–Crippen MR) is 98.1 cm³/mol. The number of benzene rings is 2. The van der Waals surface area contributed by atoms with Gasteiger partial charge >= 0.3 is 0 Å². The molecule has 1 aromatic heterocycles. The number of carbonyl (C=O) groups is 1. The molecule has 1 atom stereocenters. The quantitative estimate of drug-likeness (QED) is 0.711. The van der Waals surface area contributed by atoms with Gasteiger partial charge in [0.05, 0.1) is 11.6 Å². The molecule has 0 aliphatic rings. The molecule has 0 radical (unpaired) electrons. The average molecular weight is 350 g/mol. The number of aromatic nitrogens is 2. The van der Waals surface area contributed by atoms with Gasteiger partial charge in [-0.15, -0.1) is 0 Å². The zero-order valence-electron chi connectivity index (χ0n) is 14.3. The largest absolute Gasteiger partial charge is 0.348 e. The predicted octanol–water partition coefficient (Wildman–Crippen LogP) is 3.72. The molecule has 0 saturated carbocycles. The van der Waals surface area contributed by atoms with Crippen molar-refractivity contribution < 1.29 is 9.18 Å². The monoisotopic (exact) mass is 350 g/mol. The maximum atomic E-state index is 13.6. The van der Waals surface area contributed by atoms with Crippen LogP contribution in [-0.2, 0) is 6.54 Å². The molecule has 3 aromatic rings. The van der Waals surface area contributed by atoms with Crippen molar-refractivity contribution in [3.05, 3.63) is 89.5 Å². The SMILES string of the molecule is CC(Nc1ncc(C(=O)NCc2ccccc2F)cn1)c1ccccc1. The second kappa shape index (κ2) is 8.20. The summed E-state index contributed by atoms with van der Waals surface area (Å²) in [7, 11) is 0. The van der Waals surface area contributed by atoms with Crippen molar-refractivity contribution in [2.45, 2.75) is 19.5 Å². The van der Waals surface area contributed by atoms with Crippen LogP contribution in [0.25, 0.3) is 0 Å². The number of rotatable bonds is 6. The average Bonchev–Trinajstić information content (AvgIpc) is 2.68. The fraction of sp³-hybridized carbons (Fsp3) is 0.150. The number of amides is 1. The van der Waals surface area contributed by atoms with Crippen LogP contribution in [0.2, 0.25) is 0 Å². The van der Waals surface area contributed by atoms with Gasteiger partial charge in [-0.25, -0.2) is 14.4 Å². The third-order valence-corrected chi connectivity index (χ3v) is 3.96. The van der Waals surface area contributed by atoms with Crippen molar-refractivity contribution in [2.75, 3.05) is 5.32 Å². The maximum Gasteiger partial charge on any atom is 0.254 e. The van der Waals surface area contributed by atoms with Crippen molar-refractivity contribution in [3.8, 4) is 0 Å². The molecule has 2 N–H and O–H groups in total. The van der Waals surface area contributed by atoms with Crippen molar-refractivity contribution in [2.24, 2.45) is 0 Å². The standard InChI is InChI=1S/C20H19FN4O/c1-14(15-7-3-2-4-8-15)25-20-23-12-17(13-24-20)19(26)22-11-16-9-5-6-10-18(16)21/h2-10,12-14H,11H2,1H3,(H,22,26)(H,23,24,25). The van der Waals surface area contributed by atoms with Crippen LogP contribution in [0.15, 0.2) is 67.0 Å². The summed E-state index contributed by atoms with van der Waals surface area (Å²) in [5.74, 6) is -0.263. The Kier molecular flexibility index (Phi) is 5.53. The molecule has 2 aromatic carbocycles. The lowest BCUT2D eigenvalue weighted by molar-refractivity contribution is 0.0950. The molecule has 5 nitrogen and oxygen atoms in total. The van der Waals surface area contributed by atoms with Crippen LogP contribution in [0.3, 0.4) is 0 Å². The zero-order chi connectivity index (χ0) is 18.4. The Balaban J connectivity index is 1.58. The summed E-state index contributed by atoms with van der Waals surface area (Å²) >= 11 is 0. The molecule has 1 heterocycles. The van der Waals surface area contributed by atoms with E-state index in [1.165, 1.54) is 18.5 Å². The van der Waals surface area contributed by atoms with Crippen molar-refractivity contribution >= 4 is 11.9 Å². The smallest absolute Gasteiger partial charge is 0.254 e. The molecule has 0 spiro atoms. The number of carbonyl (C=O) groups excluding carboxylic acids is 1. The number of halogens is 1. The van der Waals surface area contributed by atoms with Crippen LogP contribution in [0.1, 0.15) is 34.5 Å². The Labute approximate surface area is 151 Å². The number of nitrogens with zero attached hydrogens (tertiary/aromatic N) is 2. The van der Waals surface area contributed by atoms with Gasteiger partial charge < -0.3 is 10.6 Å². The Morgan fingerprint density at radius 1 is 1.04 bits per heavy atom. The van der Waals surface area contributed by atoms with E-state index in [0.29, 0.717) is 17.1 Å². The molecule has 1 unspecified atom stereocenters. The molecular formula is C20H19FN4O. The molecule has 0 fully saturated rings. The van der Waals surface area contributed by atoms with Crippen LogP contribution in [0, 0.1) is 5.82 Å². The van der Waals surface area contributed by atoms with Gasteiger partial charge in [-0.2, -0.15) is 0 Å². The molecule has 26 heavy (non-hydrogen) atoms. The summed E-state index contributed by atoms with van der Waals surface area (Å²) in [4.78, 5) is 20.5. The van der Waals surface area contributed by atoms with Gasteiger partial charge in [0.2, 0.25) is 5.95 Å². The Bertz CT molecular complexity index is 868. The van der Waals surface area contributed by atoms with E-state index in [-0.39, 0.29) is 24.3 Å². The Hall–Kier alpha value is -3.28. The highest BCUT2D eigenvalue weighted by atomic mass is 19.1. The van der Waals surface area contributed by atoms with Crippen molar-refractivity contribution in [3.63, 3.8) is 0 Å². The first-order valence-corrected chi connectivity index (χ1v) is 8.28. The molecule has 0 aliphatic carbocycles. The van der Waals surface area contributed by atoms with E-state index < -0.39 is 0 Å². The molecule has 6 heteroatoms. The third-order valence-electron chi connectivity index (χ3n) is 3.96. The van der Waals surface area contributed by atoms with E-state index in [2.05, 4.69) is 20.6 Å². The van der Waals surface area contributed by atoms with Crippen LogP contribution in [-0.4, -0.2) is 15.9 Å². The summed E-state index contributed by atoms with van der Waals surface area (Å²) in [6, 6.07) is 16.3. The fourth-order valence-electron chi connectivity index (χ4n) is 2.46. The normalized spacial score (nSPS) is 11.6. The van der Waals surface area contributed by atoms with E-state index in [4.69, 9.17) is 0 Å². The lowest BCUT2D eigenvalue weighted by Gasteiger charge is -2.14. The number of nitrogens with one attached hydrogen (secondary N) is 2. The van der Waals surface area contributed by atoms with E-state index in [1.54, 1.807) is 18.2 Å². The minimum atomic E-state index is -0.351.